The summed E-state index contributed by atoms with van der Waals surface area (Å²) in [6.07, 6.45) is -0.422. The smallest absolute Gasteiger partial charge is 0.251 e. The molecule has 4 rings (SSSR count). The first-order valence-corrected chi connectivity index (χ1v) is 11.0. The number of aromatic nitrogens is 2. The first-order valence-electron chi connectivity index (χ1n) is 11.0. The summed E-state index contributed by atoms with van der Waals surface area (Å²) in [5, 5.41) is 11.2. The molecule has 1 aromatic heterocycles. The first kappa shape index (κ1) is 21.2. The van der Waals surface area contributed by atoms with Gasteiger partial charge < -0.3 is 14.9 Å². The number of aliphatic hydroxyl groups is 1. The lowest BCUT2D eigenvalue weighted by atomic mass is 10.0. The molecule has 1 aliphatic heterocycles. The van der Waals surface area contributed by atoms with Crippen LogP contribution in [0, 0.1) is 12.8 Å². The van der Waals surface area contributed by atoms with Crippen LogP contribution < -0.4 is 4.90 Å². The summed E-state index contributed by atoms with van der Waals surface area (Å²) < 4.78 is 0. The second-order valence-corrected chi connectivity index (χ2v) is 8.72. The lowest BCUT2D eigenvalue weighted by Gasteiger charge is -2.37. The predicted octanol–water partition coefficient (Wildman–Crippen LogP) is 3.66. The number of nitrogens with zero attached hydrogens (tertiary/aromatic N) is 4. The molecule has 1 aliphatic rings. The highest BCUT2D eigenvalue weighted by Gasteiger charge is 2.28. The van der Waals surface area contributed by atoms with Crippen LogP contribution >= 0.6 is 0 Å². The first-order chi connectivity index (χ1) is 14.9. The minimum absolute atomic E-state index is 0.165. The van der Waals surface area contributed by atoms with Gasteiger partial charge in [0.2, 0.25) is 0 Å². The molecule has 31 heavy (non-hydrogen) atoms. The van der Waals surface area contributed by atoms with E-state index in [-0.39, 0.29) is 11.8 Å². The Hall–Kier alpha value is -2.99. The number of benzene rings is 2. The average Bonchev–Trinajstić information content (AvgIpc) is 2.78. The van der Waals surface area contributed by atoms with Crippen molar-refractivity contribution in [2.45, 2.75) is 33.3 Å². The molecule has 2 heterocycles. The van der Waals surface area contributed by atoms with Gasteiger partial charge in [-0.15, -0.1) is 0 Å². The van der Waals surface area contributed by atoms with Crippen LogP contribution in [0.15, 0.2) is 48.5 Å². The van der Waals surface area contributed by atoms with Gasteiger partial charge in [-0.3, -0.25) is 4.79 Å². The highest BCUT2D eigenvalue weighted by Crippen LogP contribution is 2.29. The summed E-state index contributed by atoms with van der Waals surface area (Å²) in [5.41, 5.74) is 3.07. The van der Waals surface area contributed by atoms with Gasteiger partial charge in [0.05, 0.1) is 5.52 Å². The lowest BCUT2D eigenvalue weighted by Crippen LogP contribution is -2.52. The molecule has 0 unspecified atom stereocenters. The Bertz CT molecular complexity index is 1060. The highest BCUT2D eigenvalue weighted by molar-refractivity contribution is 5.91. The fourth-order valence-corrected chi connectivity index (χ4v) is 4.08. The lowest BCUT2D eigenvalue weighted by molar-refractivity contribution is -0.141. The molecule has 0 bridgehead atoms. The number of aryl methyl sites for hydroxylation is 1. The van der Waals surface area contributed by atoms with Crippen molar-refractivity contribution in [3.8, 4) is 11.4 Å². The van der Waals surface area contributed by atoms with Crippen LogP contribution in [0.25, 0.3) is 22.3 Å². The third-order valence-corrected chi connectivity index (χ3v) is 5.73. The molecule has 1 atom stereocenters. The number of carbonyl (C=O) groups excluding carboxylic acids is 1. The molecule has 3 aromatic rings. The van der Waals surface area contributed by atoms with E-state index in [1.54, 1.807) is 4.90 Å². The molecule has 0 aliphatic carbocycles. The fourth-order valence-electron chi connectivity index (χ4n) is 4.08. The van der Waals surface area contributed by atoms with Crippen LogP contribution in [0.4, 0.5) is 5.82 Å². The van der Waals surface area contributed by atoms with Crippen molar-refractivity contribution in [2.24, 2.45) is 5.92 Å². The third kappa shape index (κ3) is 4.69. The Labute approximate surface area is 183 Å². The number of aliphatic hydroxyl groups excluding tert-OH is 1. The van der Waals surface area contributed by atoms with E-state index in [9.17, 15) is 9.90 Å². The number of piperazine rings is 1. The van der Waals surface area contributed by atoms with Crippen LogP contribution in [0.5, 0.6) is 0 Å². The molecule has 0 radical (unpaired) electrons. The number of hydrogen-bond acceptors (Lipinski definition) is 5. The van der Waals surface area contributed by atoms with Gasteiger partial charge >= 0.3 is 0 Å². The molecular weight excluding hydrogens is 388 g/mol. The summed E-state index contributed by atoms with van der Waals surface area (Å²) in [6.45, 7) is 8.60. The largest absolute Gasteiger partial charge is 0.383 e. The molecule has 1 amide bonds. The van der Waals surface area contributed by atoms with E-state index in [1.807, 2.05) is 44.2 Å². The molecule has 0 saturated carbocycles. The van der Waals surface area contributed by atoms with Gasteiger partial charge in [0.15, 0.2) is 5.82 Å². The van der Waals surface area contributed by atoms with Gasteiger partial charge in [-0.25, -0.2) is 9.97 Å². The number of rotatable bonds is 5. The second-order valence-electron chi connectivity index (χ2n) is 8.72. The summed E-state index contributed by atoms with van der Waals surface area (Å²) in [5.74, 6) is 1.73. The second kappa shape index (κ2) is 9.02. The number of fused-ring (bicyclic) bond motifs is 1. The van der Waals surface area contributed by atoms with Gasteiger partial charge in [0, 0.05) is 37.1 Å². The number of hydrogen-bond donors (Lipinski definition) is 1. The van der Waals surface area contributed by atoms with Crippen molar-refractivity contribution >= 4 is 22.6 Å². The van der Waals surface area contributed by atoms with Gasteiger partial charge in [0.1, 0.15) is 11.9 Å². The van der Waals surface area contributed by atoms with E-state index < -0.39 is 6.10 Å². The van der Waals surface area contributed by atoms with Crippen molar-refractivity contribution in [1.82, 2.24) is 14.9 Å². The molecule has 1 saturated heterocycles. The van der Waals surface area contributed by atoms with Crippen molar-refractivity contribution < 1.29 is 9.90 Å². The molecule has 1 N–H and O–H groups in total. The van der Waals surface area contributed by atoms with E-state index >= 15 is 0 Å². The number of anilines is 1. The summed E-state index contributed by atoms with van der Waals surface area (Å²) >= 11 is 0. The molecular formula is C25H30N4O2. The Morgan fingerprint density at radius 1 is 1.03 bits per heavy atom. The Kier molecular flexibility index (Phi) is 6.18. The zero-order valence-corrected chi connectivity index (χ0v) is 18.5. The average molecular weight is 419 g/mol. The van der Waals surface area contributed by atoms with Crippen molar-refractivity contribution in [2.75, 3.05) is 31.1 Å². The normalized spacial score (nSPS) is 15.5. The van der Waals surface area contributed by atoms with Crippen LogP contribution in [-0.2, 0) is 4.79 Å². The Morgan fingerprint density at radius 2 is 1.74 bits per heavy atom. The number of carbonyl (C=O) groups is 1. The van der Waals surface area contributed by atoms with Crippen molar-refractivity contribution in [1.29, 1.82) is 0 Å². The standard InChI is InChI=1S/C25H30N4O2/c1-17(2)15-22(30)25(31)29-13-11-28(12-14-29)24-20-10-9-18(3)16-21(20)26-23(27-24)19-7-5-4-6-8-19/h4-10,16-17,22,30H,11-15H2,1-3H3/t22-/m1/s1. The SMILES string of the molecule is Cc1ccc2c(N3CCN(C(=O)[C@H](O)CC(C)C)CC3)nc(-c3ccccc3)nc2c1. The molecule has 0 spiro atoms. The van der Waals surface area contributed by atoms with E-state index in [2.05, 4.69) is 30.0 Å². The van der Waals surface area contributed by atoms with Crippen molar-refractivity contribution in [3.63, 3.8) is 0 Å². The van der Waals surface area contributed by atoms with E-state index in [4.69, 9.17) is 9.97 Å². The zero-order valence-electron chi connectivity index (χ0n) is 18.5. The van der Waals surface area contributed by atoms with Crippen LogP contribution in [0.1, 0.15) is 25.8 Å². The Morgan fingerprint density at radius 3 is 2.42 bits per heavy atom. The van der Waals surface area contributed by atoms with Crippen LogP contribution in [0.3, 0.4) is 0 Å². The van der Waals surface area contributed by atoms with Gasteiger partial charge in [-0.2, -0.15) is 0 Å². The minimum Gasteiger partial charge on any atom is -0.383 e. The van der Waals surface area contributed by atoms with E-state index in [1.165, 1.54) is 0 Å². The van der Waals surface area contributed by atoms with Gasteiger partial charge in [-0.1, -0.05) is 50.2 Å². The minimum atomic E-state index is -0.918. The fraction of sp³-hybridized carbons (Fsp3) is 0.400. The Balaban J connectivity index is 1.60. The summed E-state index contributed by atoms with van der Waals surface area (Å²) in [6, 6.07) is 16.3. The maximum Gasteiger partial charge on any atom is 0.251 e. The van der Waals surface area contributed by atoms with E-state index in [0.717, 1.165) is 27.8 Å². The topological polar surface area (TPSA) is 69.6 Å². The maximum atomic E-state index is 12.6. The van der Waals surface area contributed by atoms with Crippen molar-refractivity contribution in [3.05, 3.63) is 54.1 Å². The molecule has 162 valence electrons. The predicted molar refractivity (Wildman–Crippen MR) is 124 cm³/mol. The van der Waals surface area contributed by atoms with Gasteiger partial charge in [0.25, 0.3) is 5.91 Å². The highest BCUT2D eigenvalue weighted by atomic mass is 16.3. The molecule has 2 aromatic carbocycles. The third-order valence-electron chi connectivity index (χ3n) is 5.73. The molecule has 6 heteroatoms. The maximum absolute atomic E-state index is 12.6. The zero-order chi connectivity index (χ0) is 22.0. The summed E-state index contributed by atoms with van der Waals surface area (Å²) in [4.78, 5) is 26.3. The quantitative estimate of drug-likeness (QED) is 0.685. The number of amides is 1. The van der Waals surface area contributed by atoms with Gasteiger partial charge in [-0.05, 0) is 37.0 Å². The van der Waals surface area contributed by atoms with Crippen LogP contribution in [-0.4, -0.2) is 58.2 Å². The molecule has 1 fully saturated rings. The van der Waals surface area contributed by atoms with Crippen LogP contribution in [0.2, 0.25) is 0 Å². The summed E-state index contributed by atoms with van der Waals surface area (Å²) in [7, 11) is 0. The molecule has 6 nitrogen and oxygen atoms in total. The van der Waals surface area contributed by atoms with E-state index in [0.29, 0.717) is 38.4 Å². The monoisotopic (exact) mass is 418 g/mol.